The Kier molecular flexibility index (Phi) is 4.12. The van der Waals surface area contributed by atoms with Gasteiger partial charge in [0, 0.05) is 25.9 Å². The Balaban J connectivity index is 2.41. The SMILES string of the molecule is CC(C)CN1CCC(CC(=O)O)CC1=O. The van der Waals surface area contributed by atoms with Crippen LogP contribution in [0.1, 0.15) is 33.1 Å². The second kappa shape index (κ2) is 5.14. The van der Waals surface area contributed by atoms with E-state index in [1.54, 1.807) is 0 Å². The van der Waals surface area contributed by atoms with Crippen molar-refractivity contribution in [1.29, 1.82) is 0 Å². The van der Waals surface area contributed by atoms with Gasteiger partial charge in [0.2, 0.25) is 5.91 Å². The van der Waals surface area contributed by atoms with Crippen LogP contribution in [-0.2, 0) is 9.59 Å². The zero-order valence-corrected chi connectivity index (χ0v) is 9.40. The predicted molar refractivity (Wildman–Crippen MR) is 56.4 cm³/mol. The molecule has 0 aromatic heterocycles. The van der Waals surface area contributed by atoms with E-state index in [4.69, 9.17) is 5.11 Å². The Hall–Kier alpha value is -1.06. The summed E-state index contributed by atoms with van der Waals surface area (Å²) in [4.78, 5) is 24.0. The summed E-state index contributed by atoms with van der Waals surface area (Å²) < 4.78 is 0. The second-order valence-corrected chi connectivity index (χ2v) is 4.69. The first-order valence-electron chi connectivity index (χ1n) is 5.48. The first-order valence-corrected chi connectivity index (χ1v) is 5.48. The second-order valence-electron chi connectivity index (χ2n) is 4.69. The van der Waals surface area contributed by atoms with Gasteiger partial charge in [-0.2, -0.15) is 0 Å². The average molecular weight is 213 g/mol. The van der Waals surface area contributed by atoms with Crippen LogP contribution in [0, 0.1) is 11.8 Å². The Morgan fingerprint density at radius 3 is 2.73 bits per heavy atom. The number of piperidine rings is 1. The number of hydrogen-bond donors (Lipinski definition) is 1. The molecule has 86 valence electrons. The number of carbonyl (C=O) groups is 2. The zero-order chi connectivity index (χ0) is 11.4. The van der Waals surface area contributed by atoms with Gasteiger partial charge in [-0.15, -0.1) is 0 Å². The number of nitrogens with zero attached hydrogens (tertiary/aromatic N) is 1. The van der Waals surface area contributed by atoms with Crippen molar-refractivity contribution in [3.05, 3.63) is 0 Å². The molecule has 0 radical (unpaired) electrons. The highest BCUT2D eigenvalue weighted by Gasteiger charge is 2.27. The number of likely N-dealkylation sites (tertiary alicyclic amines) is 1. The first-order chi connectivity index (χ1) is 6.99. The van der Waals surface area contributed by atoms with Gasteiger partial charge in [0.05, 0.1) is 0 Å². The molecule has 1 fully saturated rings. The van der Waals surface area contributed by atoms with E-state index in [1.165, 1.54) is 0 Å². The number of rotatable bonds is 4. The van der Waals surface area contributed by atoms with Crippen LogP contribution in [0.2, 0.25) is 0 Å². The van der Waals surface area contributed by atoms with Crippen LogP contribution in [0.15, 0.2) is 0 Å². The van der Waals surface area contributed by atoms with Crippen molar-refractivity contribution < 1.29 is 14.7 Å². The quantitative estimate of drug-likeness (QED) is 0.767. The maximum Gasteiger partial charge on any atom is 0.303 e. The molecule has 0 bridgehead atoms. The van der Waals surface area contributed by atoms with Crippen LogP contribution in [0.4, 0.5) is 0 Å². The number of hydrogen-bond acceptors (Lipinski definition) is 2. The van der Waals surface area contributed by atoms with Crippen molar-refractivity contribution in [2.75, 3.05) is 13.1 Å². The third-order valence-electron chi connectivity index (χ3n) is 2.67. The van der Waals surface area contributed by atoms with E-state index in [-0.39, 0.29) is 18.2 Å². The summed E-state index contributed by atoms with van der Waals surface area (Å²) in [6.45, 7) is 5.67. The number of aliphatic carboxylic acids is 1. The Bertz CT molecular complexity index is 250. The molecule has 1 aliphatic heterocycles. The molecule has 1 atom stereocenters. The lowest BCUT2D eigenvalue weighted by Gasteiger charge is -2.32. The number of amides is 1. The van der Waals surface area contributed by atoms with E-state index in [0.29, 0.717) is 12.3 Å². The molecule has 0 aliphatic carbocycles. The van der Waals surface area contributed by atoms with Gasteiger partial charge < -0.3 is 10.0 Å². The highest BCUT2D eigenvalue weighted by atomic mass is 16.4. The Labute approximate surface area is 90.3 Å². The molecule has 0 aromatic carbocycles. The molecule has 0 spiro atoms. The lowest BCUT2D eigenvalue weighted by atomic mass is 9.92. The van der Waals surface area contributed by atoms with Gasteiger partial charge >= 0.3 is 5.97 Å². The largest absolute Gasteiger partial charge is 0.481 e. The lowest BCUT2D eigenvalue weighted by molar-refractivity contribution is -0.140. The molecule has 1 heterocycles. The summed E-state index contributed by atoms with van der Waals surface area (Å²) in [5.74, 6) is -0.172. The van der Waals surface area contributed by atoms with Gasteiger partial charge in [-0.3, -0.25) is 9.59 Å². The average Bonchev–Trinajstić information content (AvgIpc) is 2.08. The summed E-state index contributed by atoms with van der Waals surface area (Å²) in [5, 5.41) is 8.64. The highest BCUT2D eigenvalue weighted by molar-refractivity contribution is 5.78. The molecular formula is C11H19NO3. The number of carboxylic acids is 1. The van der Waals surface area contributed by atoms with Gasteiger partial charge in [0.15, 0.2) is 0 Å². The Morgan fingerprint density at radius 2 is 2.27 bits per heavy atom. The van der Waals surface area contributed by atoms with Crippen molar-refractivity contribution in [2.24, 2.45) is 11.8 Å². The molecule has 4 nitrogen and oxygen atoms in total. The van der Waals surface area contributed by atoms with Gasteiger partial charge in [0.25, 0.3) is 0 Å². The van der Waals surface area contributed by atoms with Crippen molar-refractivity contribution in [3.8, 4) is 0 Å². The standard InChI is InChI=1S/C11H19NO3/c1-8(2)7-12-4-3-9(5-10(12)13)6-11(14)15/h8-9H,3-7H2,1-2H3,(H,14,15). The molecule has 15 heavy (non-hydrogen) atoms. The number of carbonyl (C=O) groups excluding carboxylic acids is 1. The van der Waals surface area contributed by atoms with Crippen molar-refractivity contribution in [1.82, 2.24) is 4.90 Å². The fourth-order valence-corrected chi connectivity index (χ4v) is 2.00. The minimum atomic E-state index is -0.801. The number of carboxylic acid groups (broad SMARTS) is 1. The Morgan fingerprint density at radius 1 is 1.60 bits per heavy atom. The van der Waals surface area contributed by atoms with E-state index in [2.05, 4.69) is 13.8 Å². The van der Waals surface area contributed by atoms with Crippen LogP contribution in [-0.4, -0.2) is 35.0 Å². The predicted octanol–water partition coefficient (Wildman–Crippen LogP) is 1.36. The molecule has 4 heteroatoms. The maximum absolute atomic E-state index is 11.7. The van der Waals surface area contributed by atoms with Gasteiger partial charge in [-0.05, 0) is 18.3 Å². The fraction of sp³-hybridized carbons (Fsp3) is 0.818. The monoisotopic (exact) mass is 213 g/mol. The van der Waals surface area contributed by atoms with E-state index in [1.807, 2.05) is 4.90 Å². The summed E-state index contributed by atoms with van der Waals surface area (Å²) in [6, 6.07) is 0. The zero-order valence-electron chi connectivity index (χ0n) is 9.40. The van der Waals surface area contributed by atoms with E-state index >= 15 is 0 Å². The van der Waals surface area contributed by atoms with E-state index in [0.717, 1.165) is 19.5 Å². The topological polar surface area (TPSA) is 57.6 Å². The van der Waals surface area contributed by atoms with Crippen LogP contribution >= 0.6 is 0 Å². The molecule has 1 saturated heterocycles. The summed E-state index contributed by atoms with van der Waals surface area (Å²) >= 11 is 0. The third-order valence-corrected chi connectivity index (χ3v) is 2.67. The molecule has 1 amide bonds. The van der Waals surface area contributed by atoms with Crippen molar-refractivity contribution >= 4 is 11.9 Å². The minimum absolute atomic E-state index is 0.0402. The molecule has 1 rings (SSSR count). The maximum atomic E-state index is 11.7. The van der Waals surface area contributed by atoms with Gasteiger partial charge in [-0.1, -0.05) is 13.8 Å². The summed E-state index contributed by atoms with van der Waals surface area (Å²) in [7, 11) is 0. The third kappa shape index (κ3) is 3.90. The lowest BCUT2D eigenvalue weighted by Crippen LogP contribution is -2.41. The van der Waals surface area contributed by atoms with Crippen LogP contribution in [0.5, 0.6) is 0 Å². The van der Waals surface area contributed by atoms with E-state index in [9.17, 15) is 9.59 Å². The van der Waals surface area contributed by atoms with Crippen LogP contribution < -0.4 is 0 Å². The van der Waals surface area contributed by atoms with Crippen LogP contribution in [0.3, 0.4) is 0 Å². The van der Waals surface area contributed by atoms with Crippen LogP contribution in [0.25, 0.3) is 0 Å². The molecule has 1 N–H and O–H groups in total. The first kappa shape index (κ1) is 12.0. The smallest absolute Gasteiger partial charge is 0.303 e. The van der Waals surface area contributed by atoms with Gasteiger partial charge in [0.1, 0.15) is 0 Å². The summed E-state index contributed by atoms with van der Waals surface area (Å²) in [5.41, 5.74) is 0. The van der Waals surface area contributed by atoms with Crippen molar-refractivity contribution in [3.63, 3.8) is 0 Å². The molecule has 1 aliphatic rings. The fourth-order valence-electron chi connectivity index (χ4n) is 2.00. The minimum Gasteiger partial charge on any atom is -0.481 e. The molecule has 1 unspecified atom stereocenters. The normalized spacial score (nSPS) is 22.2. The molecule has 0 saturated carbocycles. The van der Waals surface area contributed by atoms with Gasteiger partial charge in [-0.25, -0.2) is 0 Å². The summed E-state index contributed by atoms with van der Waals surface area (Å²) in [6.07, 6.45) is 1.35. The molecular weight excluding hydrogens is 194 g/mol. The highest BCUT2D eigenvalue weighted by Crippen LogP contribution is 2.22. The van der Waals surface area contributed by atoms with E-state index < -0.39 is 5.97 Å². The molecule has 0 aromatic rings. The van der Waals surface area contributed by atoms with Crippen molar-refractivity contribution in [2.45, 2.75) is 33.1 Å².